The van der Waals surface area contributed by atoms with Crippen molar-refractivity contribution in [1.29, 1.82) is 0 Å². The summed E-state index contributed by atoms with van der Waals surface area (Å²) in [4.78, 5) is 15.3. The quantitative estimate of drug-likeness (QED) is 0.923. The van der Waals surface area contributed by atoms with Crippen LogP contribution in [0.4, 0.5) is 0 Å². The molecule has 2 atom stereocenters. The second-order valence-electron chi connectivity index (χ2n) is 5.32. The molecule has 5 heteroatoms. The van der Waals surface area contributed by atoms with Gasteiger partial charge < -0.3 is 10.6 Å². The molecular formula is C16H19ClN2OS. The van der Waals surface area contributed by atoms with Crippen molar-refractivity contribution in [2.45, 2.75) is 18.9 Å². The highest BCUT2D eigenvalue weighted by atomic mass is 35.5. The minimum Gasteiger partial charge on any atom is -0.336 e. The summed E-state index contributed by atoms with van der Waals surface area (Å²) < 4.78 is 0. The minimum absolute atomic E-state index is 0. The number of amides is 1. The summed E-state index contributed by atoms with van der Waals surface area (Å²) in [5.74, 6) is 0.354. The molecule has 1 fully saturated rings. The summed E-state index contributed by atoms with van der Waals surface area (Å²) in [6, 6.07) is 12.2. The molecule has 0 bridgehead atoms. The topological polar surface area (TPSA) is 46.3 Å². The number of benzene rings is 1. The van der Waals surface area contributed by atoms with Gasteiger partial charge >= 0.3 is 0 Å². The minimum atomic E-state index is 0. The van der Waals surface area contributed by atoms with Crippen molar-refractivity contribution in [3.05, 3.63) is 57.8 Å². The lowest BCUT2D eigenvalue weighted by Gasteiger charge is -2.16. The number of thiophene rings is 1. The summed E-state index contributed by atoms with van der Waals surface area (Å²) in [5, 5.41) is 1.97. The van der Waals surface area contributed by atoms with Gasteiger partial charge in [0.25, 0.3) is 5.91 Å². The second kappa shape index (κ2) is 6.60. The van der Waals surface area contributed by atoms with E-state index in [1.54, 1.807) is 0 Å². The number of likely N-dealkylation sites (tertiary alicyclic amines) is 1. The average molecular weight is 323 g/mol. The van der Waals surface area contributed by atoms with Gasteiger partial charge in [0, 0.05) is 25.0 Å². The molecule has 0 unspecified atom stereocenters. The maximum absolute atomic E-state index is 12.5. The average Bonchev–Trinajstić information content (AvgIpc) is 3.05. The molecule has 0 spiro atoms. The summed E-state index contributed by atoms with van der Waals surface area (Å²) in [7, 11) is 0. The molecular weight excluding hydrogens is 304 g/mol. The maximum atomic E-state index is 12.5. The van der Waals surface area contributed by atoms with E-state index in [1.165, 1.54) is 16.9 Å². The van der Waals surface area contributed by atoms with Crippen molar-refractivity contribution in [3.63, 3.8) is 0 Å². The highest BCUT2D eigenvalue weighted by Gasteiger charge is 2.34. The Labute approximate surface area is 135 Å². The molecule has 0 radical (unpaired) electrons. The molecule has 0 saturated carbocycles. The first-order valence-corrected chi connectivity index (χ1v) is 7.68. The Bertz CT molecular complexity index is 614. The Morgan fingerprint density at radius 3 is 2.57 bits per heavy atom. The molecule has 1 aliphatic rings. The van der Waals surface area contributed by atoms with Crippen LogP contribution in [0, 0.1) is 6.92 Å². The predicted octanol–water partition coefficient (Wildman–Crippen LogP) is 3.05. The van der Waals surface area contributed by atoms with E-state index in [9.17, 15) is 4.79 Å². The molecule has 1 aliphatic heterocycles. The van der Waals surface area contributed by atoms with Crippen molar-refractivity contribution in [3.8, 4) is 0 Å². The van der Waals surface area contributed by atoms with E-state index in [4.69, 9.17) is 5.73 Å². The number of nitrogens with zero attached hydrogens (tertiary/aromatic N) is 1. The lowest BCUT2D eigenvalue weighted by molar-refractivity contribution is 0.0793. The number of hydrogen-bond donors (Lipinski definition) is 1. The molecule has 2 N–H and O–H groups in total. The number of carbonyl (C=O) groups is 1. The van der Waals surface area contributed by atoms with Crippen LogP contribution in [0.5, 0.6) is 0 Å². The van der Waals surface area contributed by atoms with Gasteiger partial charge in [0.1, 0.15) is 0 Å². The summed E-state index contributed by atoms with van der Waals surface area (Å²) >= 11 is 1.51. The van der Waals surface area contributed by atoms with E-state index in [0.29, 0.717) is 13.1 Å². The normalized spacial score (nSPS) is 21.1. The molecule has 21 heavy (non-hydrogen) atoms. The van der Waals surface area contributed by atoms with Crippen LogP contribution in [-0.4, -0.2) is 29.9 Å². The molecule has 1 amide bonds. The van der Waals surface area contributed by atoms with Crippen molar-refractivity contribution < 1.29 is 4.79 Å². The molecule has 2 aromatic rings. The van der Waals surface area contributed by atoms with Crippen molar-refractivity contribution in [2.24, 2.45) is 5.73 Å². The largest absolute Gasteiger partial charge is 0.336 e. The summed E-state index contributed by atoms with van der Waals surface area (Å²) in [5.41, 5.74) is 8.51. The zero-order valence-corrected chi connectivity index (χ0v) is 13.5. The Morgan fingerprint density at radius 2 is 1.95 bits per heavy atom. The van der Waals surface area contributed by atoms with Gasteiger partial charge in [0.15, 0.2) is 0 Å². The molecule has 0 aliphatic carbocycles. The van der Waals surface area contributed by atoms with E-state index in [-0.39, 0.29) is 30.3 Å². The number of aryl methyl sites for hydroxylation is 1. The van der Waals surface area contributed by atoms with E-state index in [0.717, 1.165) is 10.4 Å². The highest BCUT2D eigenvalue weighted by Crippen LogP contribution is 2.28. The standard InChI is InChI=1S/C16H18N2OS.ClH/c1-11-7-8-20-15(11)16(19)18-9-13(14(17)10-18)12-5-3-2-4-6-12;/h2-8,13-14H,9-10,17H2,1H3;1H/t13-,14+;/m0./s1. The summed E-state index contributed by atoms with van der Waals surface area (Å²) in [6.45, 7) is 3.32. The SMILES string of the molecule is Cc1ccsc1C(=O)N1C[C@@H](N)[C@H](c2ccccc2)C1.Cl. The Kier molecular flexibility index (Phi) is 5.04. The van der Waals surface area contributed by atoms with Crippen molar-refractivity contribution in [2.75, 3.05) is 13.1 Å². The van der Waals surface area contributed by atoms with Gasteiger partial charge in [-0.1, -0.05) is 30.3 Å². The van der Waals surface area contributed by atoms with Gasteiger partial charge in [-0.2, -0.15) is 0 Å². The zero-order chi connectivity index (χ0) is 14.1. The fraction of sp³-hybridized carbons (Fsp3) is 0.312. The van der Waals surface area contributed by atoms with Gasteiger partial charge in [-0.05, 0) is 29.5 Å². The van der Waals surface area contributed by atoms with Crippen LogP contribution in [0.25, 0.3) is 0 Å². The van der Waals surface area contributed by atoms with Gasteiger partial charge in [-0.25, -0.2) is 0 Å². The molecule has 112 valence electrons. The molecule has 2 heterocycles. The number of halogens is 1. The first-order chi connectivity index (χ1) is 9.66. The van der Waals surface area contributed by atoms with Crippen LogP contribution in [-0.2, 0) is 0 Å². The van der Waals surface area contributed by atoms with Crippen molar-refractivity contribution >= 4 is 29.7 Å². The number of nitrogens with two attached hydrogens (primary N) is 1. The van der Waals surface area contributed by atoms with Crippen LogP contribution in [0.15, 0.2) is 41.8 Å². The predicted molar refractivity (Wildman–Crippen MR) is 89.4 cm³/mol. The number of hydrogen-bond acceptors (Lipinski definition) is 3. The molecule has 3 nitrogen and oxygen atoms in total. The first-order valence-electron chi connectivity index (χ1n) is 6.80. The van der Waals surface area contributed by atoms with Gasteiger partial charge in [-0.3, -0.25) is 4.79 Å². The number of rotatable bonds is 2. The van der Waals surface area contributed by atoms with Crippen LogP contribution < -0.4 is 5.73 Å². The third kappa shape index (κ3) is 3.12. The number of carbonyl (C=O) groups excluding carboxylic acids is 1. The molecule has 1 aromatic heterocycles. The fourth-order valence-corrected chi connectivity index (χ4v) is 3.68. The van der Waals surface area contributed by atoms with Crippen LogP contribution in [0.2, 0.25) is 0 Å². The van der Waals surface area contributed by atoms with E-state index >= 15 is 0 Å². The Balaban J connectivity index is 0.00000161. The van der Waals surface area contributed by atoms with Gasteiger partial charge in [-0.15, -0.1) is 23.7 Å². The fourth-order valence-electron chi connectivity index (χ4n) is 2.78. The van der Waals surface area contributed by atoms with Crippen LogP contribution >= 0.6 is 23.7 Å². The lowest BCUT2D eigenvalue weighted by Crippen LogP contribution is -2.32. The van der Waals surface area contributed by atoms with Crippen LogP contribution in [0.1, 0.15) is 26.7 Å². The van der Waals surface area contributed by atoms with Gasteiger partial charge in [0.2, 0.25) is 0 Å². The second-order valence-corrected chi connectivity index (χ2v) is 6.24. The van der Waals surface area contributed by atoms with E-state index in [2.05, 4.69) is 12.1 Å². The molecule has 3 rings (SSSR count). The smallest absolute Gasteiger partial charge is 0.264 e. The Hall–Kier alpha value is -1.36. The van der Waals surface area contributed by atoms with E-state index < -0.39 is 0 Å². The lowest BCUT2D eigenvalue weighted by atomic mass is 9.95. The highest BCUT2D eigenvalue weighted by molar-refractivity contribution is 7.12. The molecule has 1 saturated heterocycles. The maximum Gasteiger partial charge on any atom is 0.264 e. The van der Waals surface area contributed by atoms with E-state index in [1.807, 2.05) is 41.5 Å². The Morgan fingerprint density at radius 1 is 1.24 bits per heavy atom. The monoisotopic (exact) mass is 322 g/mol. The van der Waals surface area contributed by atoms with Crippen LogP contribution in [0.3, 0.4) is 0 Å². The molecule has 1 aromatic carbocycles. The first kappa shape index (κ1) is 16.0. The third-order valence-electron chi connectivity index (χ3n) is 3.94. The van der Waals surface area contributed by atoms with Crippen molar-refractivity contribution in [1.82, 2.24) is 4.90 Å². The summed E-state index contributed by atoms with van der Waals surface area (Å²) in [6.07, 6.45) is 0. The zero-order valence-electron chi connectivity index (χ0n) is 11.9. The van der Waals surface area contributed by atoms with Gasteiger partial charge in [0.05, 0.1) is 4.88 Å². The third-order valence-corrected chi connectivity index (χ3v) is 4.94.